The Balaban J connectivity index is 1.43. The molecular formula is C30H33N5O4S2. The molecule has 1 saturated carbocycles. The quantitative estimate of drug-likeness (QED) is 0.183. The lowest BCUT2D eigenvalue weighted by atomic mass is 9.77. The third kappa shape index (κ3) is 4.88. The van der Waals surface area contributed by atoms with Crippen molar-refractivity contribution in [2.45, 2.75) is 75.7 Å². The summed E-state index contributed by atoms with van der Waals surface area (Å²) in [5.74, 6) is 0.843. The molecule has 1 aliphatic carbocycles. The van der Waals surface area contributed by atoms with Crippen molar-refractivity contribution in [1.29, 1.82) is 0 Å². The van der Waals surface area contributed by atoms with E-state index < -0.39 is 11.7 Å². The van der Waals surface area contributed by atoms with Gasteiger partial charge in [-0.3, -0.25) is 4.79 Å². The van der Waals surface area contributed by atoms with E-state index in [2.05, 4.69) is 20.9 Å². The largest absolute Gasteiger partial charge is 0.497 e. The third-order valence-electron chi connectivity index (χ3n) is 7.75. The van der Waals surface area contributed by atoms with E-state index in [0.29, 0.717) is 28.4 Å². The van der Waals surface area contributed by atoms with E-state index in [0.717, 1.165) is 52.3 Å². The summed E-state index contributed by atoms with van der Waals surface area (Å²) in [6, 6.07) is 10.0. The molecule has 0 unspecified atom stereocenters. The van der Waals surface area contributed by atoms with Crippen molar-refractivity contribution in [2.75, 3.05) is 13.4 Å². The summed E-state index contributed by atoms with van der Waals surface area (Å²) in [7, 11) is 1.65. The molecule has 1 amide bonds. The van der Waals surface area contributed by atoms with Crippen molar-refractivity contribution < 1.29 is 19.1 Å². The van der Waals surface area contributed by atoms with Gasteiger partial charge in [0.2, 0.25) is 0 Å². The molecule has 0 atom stereocenters. The third-order valence-corrected chi connectivity index (χ3v) is 9.45. The summed E-state index contributed by atoms with van der Waals surface area (Å²) >= 11 is 2.82. The topological polar surface area (TPSA) is 99.4 Å². The van der Waals surface area contributed by atoms with Gasteiger partial charge in [0.15, 0.2) is 10.8 Å². The van der Waals surface area contributed by atoms with Crippen molar-refractivity contribution in [3.05, 3.63) is 52.5 Å². The van der Waals surface area contributed by atoms with Crippen LogP contribution in [0.2, 0.25) is 0 Å². The molecule has 41 heavy (non-hydrogen) atoms. The van der Waals surface area contributed by atoms with Crippen LogP contribution >= 0.6 is 23.1 Å². The molecule has 1 spiro atoms. The fraction of sp³-hybridized carbons (Fsp3) is 0.433. The minimum Gasteiger partial charge on any atom is -0.497 e. The van der Waals surface area contributed by atoms with Gasteiger partial charge in [-0.2, -0.15) is 5.10 Å². The van der Waals surface area contributed by atoms with Crippen molar-refractivity contribution >= 4 is 46.1 Å². The molecule has 11 heteroatoms. The fourth-order valence-electron chi connectivity index (χ4n) is 5.89. The van der Waals surface area contributed by atoms with E-state index in [1.807, 2.05) is 51.3 Å². The average molecular weight is 592 g/mol. The molecule has 1 aromatic carbocycles. The van der Waals surface area contributed by atoms with Crippen LogP contribution in [0.15, 0.2) is 41.7 Å². The van der Waals surface area contributed by atoms with Crippen molar-refractivity contribution in [3.8, 4) is 16.3 Å². The van der Waals surface area contributed by atoms with Crippen LogP contribution in [-0.2, 0) is 16.8 Å². The second-order valence-electron chi connectivity index (χ2n) is 11.5. The highest BCUT2D eigenvalue weighted by Gasteiger charge is 2.51. The zero-order valence-corrected chi connectivity index (χ0v) is 25.5. The first kappa shape index (κ1) is 27.7. The van der Waals surface area contributed by atoms with E-state index in [4.69, 9.17) is 14.6 Å². The smallest absolute Gasteiger partial charge is 0.437 e. The summed E-state index contributed by atoms with van der Waals surface area (Å²) in [6.07, 6.45) is 8.13. The van der Waals surface area contributed by atoms with Gasteiger partial charge in [0.1, 0.15) is 17.0 Å². The van der Waals surface area contributed by atoms with E-state index in [-0.39, 0.29) is 11.4 Å². The molecule has 1 aliphatic heterocycles. The highest BCUT2D eigenvalue weighted by Crippen LogP contribution is 2.53. The minimum atomic E-state index is -0.692. The van der Waals surface area contributed by atoms with Crippen LogP contribution in [0.5, 0.6) is 5.75 Å². The maximum absolute atomic E-state index is 14.0. The van der Waals surface area contributed by atoms with Crippen LogP contribution in [0.1, 0.15) is 73.7 Å². The molecule has 0 saturated heterocycles. The fourth-order valence-corrected chi connectivity index (χ4v) is 7.42. The van der Waals surface area contributed by atoms with Gasteiger partial charge in [-0.25, -0.2) is 14.8 Å². The van der Waals surface area contributed by atoms with Crippen LogP contribution in [0.3, 0.4) is 0 Å². The van der Waals surface area contributed by atoms with Crippen molar-refractivity contribution in [3.63, 3.8) is 0 Å². The van der Waals surface area contributed by atoms with Gasteiger partial charge in [-0.05, 0) is 63.6 Å². The molecule has 4 heterocycles. The van der Waals surface area contributed by atoms with Gasteiger partial charge < -0.3 is 14.4 Å². The van der Waals surface area contributed by atoms with Crippen molar-refractivity contribution in [1.82, 2.24) is 24.6 Å². The molecule has 214 valence electrons. The number of amides is 1. The predicted molar refractivity (Wildman–Crippen MR) is 160 cm³/mol. The number of carbonyl (C=O) groups excluding carboxylic acids is 2. The summed E-state index contributed by atoms with van der Waals surface area (Å²) in [5, 5.41) is 5.88. The summed E-state index contributed by atoms with van der Waals surface area (Å²) in [5.41, 5.74) is 2.06. The van der Waals surface area contributed by atoms with Gasteiger partial charge in [0, 0.05) is 18.3 Å². The Hall–Kier alpha value is -3.44. The summed E-state index contributed by atoms with van der Waals surface area (Å²) in [4.78, 5) is 39.9. The number of benzene rings is 1. The Morgan fingerprint density at radius 3 is 2.54 bits per heavy atom. The number of hydrogen-bond donors (Lipinski definition) is 0. The monoisotopic (exact) mass is 591 g/mol. The predicted octanol–water partition coefficient (Wildman–Crippen LogP) is 6.88. The first-order valence-corrected chi connectivity index (χ1v) is 15.8. The van der Waals surface area contributed by atoms with Crippen LogP contribution in [0, 0.1) is 0 Å². The zero-order chi connectivity index (χ0) is 28.9. The lowest BCUT2D eigenvalue weighted by molar-refractivity contribution is 0.0387. The molecule has 0 bridgehead atoms. The van der Waals surface area contributed by atoms with E-state index >= 15 is 0 Å². The van der Waals surface area contributed by atoms with Gasteiger partial charge >= 0.3 is 6.09 Å². The number of thiophene rings is 1. The standard InChI is InChI=1S/C30H33N5O4S2/c1-29(2,3)39-28(37)35-25-20(16-31-27(32-25)40-5)23(33-35)22-15-21-24(41-22)26(36)34(30(21)13-7-6-8-14-30)17-18-9-11-19(38-4)12-10-18/h9-12,15-16H,6-8,13-14,17H2,1-5H3. The van der Waals surface area contributed by atoms with Crippen LogP contribution in [-0.4, -0.2) is 55.6 Å². The van der Waals surface area contributed by atoms with Crippen LogP contribution in [0.4, 0.5) is 4.79 Å². The average Bonchev–Trinajstić information content (AvgIpc) is 3.62. The van der Waals surface area contributed by atoms with Gasteiger partial charge in [0.25, 0.3) is 5.91 Å². The first-order chi connectivity index (χ1) is 19.6. The van der Waals surface area contributed by atoms with Crippen molar-refractivity contribution in [2.24, 2.45) is 0 Å². The molecule has 2 aliphatic rings. The molecule has 3 aromatic heterocycles. The van der Waals surface area contributed by atoms with Gasteiger partial charge in [-0.1, -0.05) is 43.2 Å². The van der Waals surface area contributed by atoms with Crippen LogP contribution in [0.25, 0.3) is 21.6 Å². The second kappa shape index (κ2) is 10.4. The summed E-state index contributed by atoms with van der Waals surface area (Å²) < 4.78 is 12.2. The molecular weight excluding hydrogens is 558 g/mol. The maximum Gasteiger partial charge on any atom is 0.437 e. The van der Waals surface area contributed by atoms with E-state index in [9.17, 15) is 9.59 Å². The van der Waals surface area contributed by atoms with Gasteiger partial charge in [-0.15, -0.1) is 16.0 Å². The minimum absolute atomic E-state index is 0.0470. The van der Waals surface area contributed by atoms with Gasteiger partial charge in [0.05, 0.1) is 27.8 Å². The van der Waals surface area contributed by atoms with E-state index in [1.54, 1.807) is 13.3 Å². The Bertz CT molecular complexity index is 1630. The zero-order valence-electron chi connectivity index (χ0n) is 23.9. The SMILES string of the molecule is COc1ccc(CN2C(=O)c3sc(-c4nn(C(=O)OC(C)(C)C)c5nc(SC)ncc45)cc3C23CCCCC3)cc1. The summed E-state index contributed by atoms with van der Waals surface area (Å²) in [6.45, 7) is 5.99. The Morgan fingerprint density at radius 2 is 1.88 bits per heavy atom. The lowest BCUT2D eigenvalue weighted by Gasteiger charge is -2.42. The Labute approximate surface area is 247 Å². The lowest BCUT2D eigenvalue weighted by Crippen LogP contribution is -2.44. The number of ether oxygens (including phenoxy) is 2. The highest BCUT2D eigenvalue weighted by atomic mass is 32.2. The molecule has 6 rings (SSSR count). The number of carbonyl (C=O) groups is 2. The molecule has 0 radical (unpaired) electrons. The number of nitrogens with zero attached hydrogens (tertiary/aromatic N) is 5. The second-order valence-corrected chi connectivity index (χ2v) is 13.3. The number of hydrogen-bond acceptors (Lipinski definition) is 9. The molecule has 1 fully saturated rings. The molecule has 0 N–H and O–H groups in total. The number of methoxy groups -OCH3 is 1. The normalized spacial score (nSPS) is 16.4. The maximum atomic E-state index is 14.0. The number of thioether (sulfide) groups is 1. The van der Waals surface area contributed by atoms with Crippen LogP contribution < -0.4 is 4.74 Å². The molecule has 9 nitrogen and oxygen atoms in total. The first-order valence-electron chi connectivity index (χ1n) is 13.8. The highest BCUT2D eigenvalue weighted by molar-refractivity contribution is 7.98. The number of fused-ring (bicyclic) bond motifs is 3. The number of rotatable bonds is 5. The van der Waals surface area contributed by atoms with E-state index in [1.165, 1.54) is 34.2 Å². The Kier molecular flexibility index (Phi) is 7.05. The Morgan fingerprint density at radius 1 is 1.15 bits per heavy atom. The number of aromatic nitrogens is 4. The molecule has 4 aromatic rings.